The molecule has 0 heterocycles. The van der Waals surface area contributed by atoms with E-state index in [1.807, 2.05) is 24.3 Å². The van der Waals surface area contributed by atoms with Crippen LogP contribution in [-0.4, -0.2) is 0 Å². The van der Waals surface area contributed by atoms with Crippen LogP contribution in [0.2, 0.25) is 0 Å². The van der Waals surface area contributed by atoms with Crippen molar-refractivity contribution in [2.75, 3.05) is 5.32 Å². The Bertz CT molecular complexity index is 491. The van der Waals surface area contributed by atoms with Gasteiger partial charge in [0.25, 0.3) is 0 Å². The van der Waals surface area contributed by atoms with Gasteiger partial charge in [0.15, 0.2) is 0 Å². The summed E-state index contributed by atoms with van der Waals surface area (Å²) in [6.07, 6.45) is 0. The summed E-state index contributed by atoms with van der Waals surface area (Å²) in [5.41, 5.74) is 1.48. The van der Waals surface area contributed by atoms with E-state index in [0.29, 0.717) is 12.1 Å². The predicted octanol–water partition coefficient (Wildman–Crippen LogP) is 4.34. The van der Waals surface area contributed by atoms with Crippen molar-refractivity contribution in [3.63, 3.8) is 0 Å². The molecule has 0 amide bonds. The van der Waals surface area contributed by atoms with E-state index in [-0.39, 0.29) is 0 Å². The normalized spacial score (nSPS) is 10.3. The summed E-state index contributed by atoms with van der Waals surface area (Å²) < 4.78 is 26.9. The molecule has 0 saturated carbocycles. The minimum atomic E-state index is -0.558. The standard InChI is InChI=1S/C13H10BrF2N/c14-10-1-3-13(4-2-10)17-8-9-5-11(15)7-12(16)6-9/h1-7,17H,8H2. The number of rotatable bonds is 3. The number of benzene rings is 2. The predicted molar refractivity (Wildman–Crippen MR) is 67.8 cm³/mol. The third-order valence-electron chi connectivity index (χ3n) is 2.26. The third kappa shape index (κ3) is 3.53. The Morgan fingerprint density at radius 2 is 1.53 bits per heavy atom. The highest BCUT2D eigenvalue weighted by Gasteiger charge is 2.00. The van der Waals surface area contributed by atoms with Gasteiger partial charge in [-0.3, -0.25) is 0 Å². The molecule has 88 valence electrons. The van der Waals surface area contributed by atoms with Crippen molar-refractivity contribution in [3.8, 4) is 0 Å². The van der Waals surface area contributed by atoms with Gasteiger partial charge in [0.05, 0.1) is 0 Å². The summed E-state index contributed by atoms with van der Waals surface area (Å²) in [6, 6.07) is 11.1. The van der Waals surface area contributed by atoms with Crippen LogP contribution in [0.1, 0.15) is 5.56 Å². The zero-order valence-corrected chi connectivity index (χ0v) is 10.5. The molecule has 0 fully saturated rings. The molecule has 0 atom stereocenters. The molecule has 0 radical (unpaired) electrons. The average Bonchev–Trinajstić information content (AvgIpc) is 2.27. The summed E-state index contributed by atoms with van der Waals surface area (Å²) in [7, 11) is 0. The molecule has 0 saturated heterocycles. The molecule has 0 aliphatic rings. The van der Waals surface area contributed by atoms with E-state index in [2.05, 4.69) is 21.2 Å². The van der Waals surface area contributed by atoms with Gasteiger partial charge in [-0.05, 0) is 42.0 Å². The van der Waals surface area contributed by atoms with Crippen molar-refractivity contribution in [1.29, 1.82) is 0 Å². The largest absolute Gasteiger partial charge is 0.381 e. The summed E-state index contributed by atoms with van der Waals surface area (Å²) >= 11 is 3.33. The molecule has 17 heavy (non-hydrogen) atoms. The van der Waals surface area contributed by atoms with Crippen LogP contribution in [0.5, 0.6) is 0 Å². The van der Waals surface area contributed by atoms with Crippen molar-refractivity contribution in [1.82, 2.24) is 0 Å². The maximum atomic E-state index is 12.9. The summed E-state index contributed by atoms with van der Waals surface area (Å²) in [5.74, 6) is -1.12. The van der Waals surface area contributed by atoms with Crippen LogP contribution in [0.25, 0.3) is 0 Å². The zero-order valence-electron chi connectivity index (χ0n) is 8.88. The first-order valence-corrected chi connectivity index (χ1v) is 5.87. The molecule has 0 aliphatic carbocycles. The van der Waals surface area contributed by atoms with E-state index in [1.54, 1.807) is 0 Å². The molecular formula is C13H10BrF2N. The fourth-order valence-corrected chi connectivity index (χ4v) is 1.75. The van der Waals surface area contributed by atoms with Crippen LogP contribution in [0.15, 0.2) is 46.9 Å². The monoisotopic (exact) mass is 297 g/mol. The van der Waals surface area contributed by atoms with E-state index >= 15 is 0 Å². The minimum Gasteiger partial charge on any atom is -0.381 e. The van der Waals surface area contributed by atoms with E-state index in [1.165, 1.54) is 12.1 Å². The Hall–Kier alpha value is -1.42. The quantitative estimate of drug-likeness (QED) is 0.889. The third-order valence-corrected chi connectivity index (χ3v) is 2.79. The summed E-state index contributed by atoms with van der Waals surface area (Å²) in [4.78, 5) is 0. The smallest absolute Gasteiger partial charge is 0.126 e. The van der Waals surface area contributed by atoms with Crippen LogP contribution in [0, 0.1) is 11.6 Å². The molecule has 2 rings (SSSR count). The Morgan fingerprint density at radius 1 is 0.941 bits per heavy atom. The first kappa shape index (κ1) is 12.0. The van der Waals surface area contributed by atoms with Gasteiger partial charge in [-0.25, -0.2) is 8.78 Å². The number of anilines is 1. The van der Waals surface area contributed by atoms with E-state index in [4.69, 9.17) is 0 Å². The Kier molecular flexibility index (Phi) is 3.74. The molecule has 0 unspecified atom stereocenters. The molecular weight excluding hydrogens is 288 g/mol. The van der Waals surface area contributed by atoms with Crippen molar-refractivity contribution in [3.05, 3.63) is 64.1 Å². The summed E-state index contributed by atoms with van der Waals surface area (Å²) in [6.45, 7) is 0.385. The molecule has 0 aliphatic heterocycles. The number of nitrogens with one attached hydrogen (secondary N) is 1. The van der Waals surface area contributed by atoms with Crippen molar-refractivity contribution in [2.24, 2.45) is 0 Å². The van der Waals surface area contributed by atoms with Crippen molar-refractivity contribution < 1.29 is 8.78 Å². The highest BCUT2D eigenvalue weighted by atomic mass is 79.9. The number of halogens is 3. The fourth-order valence-electron chi connectivity index (χ4n) is 1.48. The minimum absolute atomic E-state index is 0.385. The first-order chi connectivity index (χ1) is 8.13. The van der Waals surface area contributed by atoms with Gasteiger partial charge in [0.1, 0.15) is 11.6 Å². The first-order valence-electron chi connectivity index (χ1n) is 5.08. The Balaban J connectivity index is 2.04. The van der Waals surface area contributed by atoms with Crippen LogP contribution in [-0.2, 0) is 6.54 Å². The SMILES string of the molecule is Fc1cc(F)cc(CNc2ccc(Br)cc2)c1. The van der Waals surface area contributed by atoms with Gasteiger partial charge in [0.2, 0.25) is 0 Å². The maximum absolute atomic E-state index is 12.9. The molecule has 2 aromatic carbocycles. The lowest BCUT2D eigenvalue weighted by molar-refractivity contribution is 0.580. The average molecular weight is 298 g/mol. The van der Waals surface area contributed by atoms with E-state index in [9.17, 15) is 8.78 Å². The maximum Gasteiger partial charge on any atom is 0.126 e. The molecule has 0 spiro atoms. The lowest BCUT2D eigenvalue weighted by Gasteiger charge is -2.07. The van der Waals surface area contributed by atoms with Gasteiger partial charge in [-0.1, -0.05) is 15.9 Å². The Morgan fingerprint density at radius 3 is 2.12 bits per heavy atom. The molecule has 4 heteroatoms. The van der Waals surface area contributed by atoms with Crippen molar-refractivity contribution in [2.45, 2.75) is 6.54 Å². The molecule has 1 nitrogen and oxygen atoms in total. The highest BCUT2D eigenvalue weighted by molar-refractivity contribution is 9.10. The van der Waals surface area contributed by atoms with Gasteiger partial charge >= 0.3 is 0 Å². The van der Waals surface area contributed by atoms with Crippen LogP contribution >= 0.6 is 15.9 Å². The second-order valence-electron chi connectivity index (χ2n) is 3.64. The van der Waals surface area contributed by atoms with Crippen LogP contribution < -0.4 is 5.32 Å². The van der Waals surface area contributed by atoms with Crippen LogP contribution in [0.3, 0.4) is 0 Å². The second-order valence-corrected chi connectivity index (χ2v) is 4.55. The van der Waals surface area contributed by atoms with Gasteiger partial charge < -0.3 is 5.32 Å². The van der Waals surface area contributed by atoms with Gasteiger partial charge in [-0.15, -0.1) is 0 Å². The molecule has 0 bridgehead atoms. The van der Waals surface area contributed by atoms with Gasteiger partial charge in [-0.2, -0.15) is 0 Å². The van der Waals surface area contributed by atoms with Crippen molar-refractivity contribution >= 4 is 21.6 Å². The fraction of sp³-hybridized carbons (Fsp3) is 0.0769. The second kappa shape index (κ2) is 5.27. The van der Waals surface area contributed by atoms with E-state index in [0.717, 1.165) is 16.2 Å². The van der Waals surface area contributed by atoms with Crippen LogP contribution in [0.4, 0.5) is 14.5 Å². The highest BCUT2D eigenvalue weighted by Crippen LogP contribution is 2.15. The zero-order chi connectivity index (χ0) is 12.3. The summed E-state index contributed by atoms with van der Waals surface area (Å²) in [5, 5.41) is 3.09. The molecule has 1 N–H and O–H groups in total. The lowest BCUT2D eigenvalue weighted by atomic mass is 10.2. The van der Waals surface area contributed by atoms with Gasteiger partial charge in [0, 0.05) is 22.8 Å². The number of hydrogen-bond donors (Lipinski definition) is 1. The Labute approximate surface area is 107 Å². The lowest BCUT2D eigenvalue weighted by Crippen LogP contribution is -2.00. The molecule has 0 aromatic heterocycles. The number of hydrogen-bond acceptors (Lipinski definition) is 1. The topological polar surface area (TPSA) is 12.0 Å². The molecule has 2 aromatic rings. The van der Waals surface area contributed by atoms with E-state index < -0.39 is 11.6 Å².